The van der Waals surface area contributed by atoms with Crippen LogP contribution in [0.2, 0.25) is 0 Å². The van der Waals surface area contributed by atoms with Crippen LogP contribution in [-0.2, 0) is 0 Å². The first-order valence-corrected chi connectivity index (χ1v) is 26.4. The maximum atomic E-state index is 2.41. The van der Waals surface area contributed by atoms with E-state index in [1.807, 2.05) is 13.8 Å². The van der Waals surface area contributed by atoms with Crippen molar-refractivity contribution in [1.82, 2.24) is 0 Å². The molecule has 0 nitrogen and oxygen atoms in total. The van der Waals surface area contributed by atoms with Crippen LogP contribution in [0.4, 0.5) is 0 Å². The summed E-state index contributed by atoms with van der Waals surface area (Å²) < 4.78 is 0. The fraction of sp³-hybridized carbons (Fsp3) is 1.00. The van der Waals surface area contributed by atoms with Gasteiger partial charge >= 0.3 is 0 Å². The fourth-order valence-corrected chi connectivity index (χ4v) is 8.55. The van der Waals surface area contributed by atoms with Crippen LogP contribution in [0.15, 0.2) is 0 Å². The Morgan fingerprint density at radius 1 is 0.301 bits per heavy atom. The molecule has 0 saturated heterocycles. The van der Waals surface area contributed by atoms with Crippen LogP contribution >= 0.6 is 0 Å². The summed E-state index contributed by atoms with van der Waals surface area (Å²) in [7, 11) is 0. The molecule has 7 unspecified atom stereocenters. The van der Waals surface area contributed by atoms with E-state index in [1.54, 1.807) is 19.3 Å². The van der Waals surface area contributed by atoms with Crippen molar-refractivity contribution in [3.05, 3.63) is 0 Å². The molecule has 0 amide bonds. The zero-order valence-electron chi connectivity index (χ0n) is 42.7. The Morgan fingerprint density at radius 3 is 0.904 bits per heavy atom. The van der Waals surface area contributed by atoms with Crippen LogP contribution in [0.3, 0.4) is 0 Å². The molecule has 1 fully saturated rings. The van der Waals surface area contributed by atoms with E-state index in [4.69, 9.17) is 0 Å². The molecule has 1 aliphatic rings. The largest absolute Gasteiger partial charge is 0.0776 e. The van der Waals surface area contributed by atoms with Gasteiger partial charge in [0.1, 0.15) is 0 Å². The van der Waals surface area contributed by atoms with Gasteiger partial charge in [0.05, 0.1) is 0 Å². The minimum atomic E-state index is 0. The molecule has 0 radical (unpaired) electrons. The van der Waals surface area contributed by atoms with Gasteiger partial charge in [-0.05, 0) is 78.9 Å². The standard InChI is InChI=1S/C27H54.C13H28.C9H20.C4H10.C2H6.18CH4/c1-5-9-12-14-16-20-25(18-11-7-3)27-22-21-26(23-27)24(17-8-4)19-15-13-10-6-2;1-5-7-9-13(4)11-8-10-12(3)6-2;1-7(2)6-9(5)8(3)4;1-3-4-2;1-2;;;;;;;;;;;;;;;;;;/h24-27H,5-23H2,1-4H3;12-13H,5-11H2,1-4H3;7-9H,6H2,1-5H3;3-4H2,1-2H3;1-2H3;18*1H4. The van der Waals surface area contributed by atoms with E-state index in [1.165, 1.54) is 167 Å². The number of hydrogen-bond acceptors (Lipinski definition) is 0. The van der Waals surface area contributed by atoms with Gasteiger partial charge in [-0.15, -0.1) is 0 Å². The normalized spacial score (nSPS) is 13.4. The fourth-order valence-electron chi connectivity index (χ4n) is 8.55. The van der Waals surface area contributed by atoms with Gasteiger partial charge in [-0.2, -0.15) is 0 Å². The van der Waals surface area contributed by atoms with Gasteiger partial charge in [0, 0.05) is 0 Å². The molecule has 0 bridgehead atoms. The maximum Gasteiger partial charge on any atom is -0.0383 e. The molecule has 1 saturated carbocycles. The lowest BCUT2D eigenvalue weighted by Crippen LogP contribution is -2.16. The van der Waals surface area contributed by atoms with Gasteiger partial charge in [0.2, 0.25) is 0 Å². The Kier molecular flexibility index (Phi) is 231. The first kappa shape index (κ1) is 145. The third kappa shape index (κ3) is 105. The summed E-state index contributed by atoms with van der Waals surface area (Å²) in [6, 6.07) is 0. The summed E-state index contributed by atoms with van der Waals surface area (Å²) in [4.78, 5) is 0. The summed E-state index contributed by atoms with van der Waals surface area (Å²) in [5.41, 5.74) is 0. The second kappa shape index (κ2) is 116. The predicted octanol–water partition coefficient (Wildman–Crippen LogP) is 32.6. The Labute approximate surface area is 488 Å². The van der Waals surface area contributed by atoms with E-state index in [0.717, 1.165) is 53.3 Å². The average molecular weight is 1070 g/mol. The SMILES string of the molecule is C.C.C.C.C.C.C.C.C.C.C.C.C.C.C.C.C.C.CC.CC(C)CC(C)C(C)C.CCCC.CCCCC(C)CCCC(C)CC.CCCCCCCC(CCCC)C1CCC(C(CCC)CCCCCC)C1. The summed E-state index contributed by atoms with van der Waals surface area (Å²) >= 11 is 0. The molecule has 0 aliphatic heterocycles. The van der Waals surface area contributed by atoms with Gasteiger partial charge in [-0.25, -0.2) is 0 Å². The van der Waals surface area contributed by atoms with Crippen LogP contribution in [0.25, 0.3) is 0 Å². The molecular weight excluding hydrogens is 877 g/mol. The highest BCUT2D eigenvalue weighted by atomic mass is 14.4. The molecule has 1 rings (SSSR count). The zero-order chi connectivity index (χ0) is 42.7. The van der Waals surface area contributed by atoms with Crippen molar-refractivity contribution >= 4 is 0 Å². The van der Waals surface area contributed by atoms with Crippen molar-refractivity contribution in [3.8, 4) is 0 Å². The second-order valence-electron chi connectivity index (χ2n) is 19.4. The van der Waals surface area contributed by atoms with Crippen molar-refractivity contribution < 1.29 is 0 Å². The molecule has 0 spiro atoms. The van der Waals surface area contributed by atoms with Crippen LogP contribution in [0, 0.1) is 53.3 Å². The Bertz CT molecular complexity index is 644. The molecule has 0 aromatic heterocycles. The van der Waals surface area contributed by atoms with Gasteiger partial charge in [-0.3, -0.25) is 0 Å². The highest BCUT2D eigenvalue weighted by Gasteiger charge is 2.33. The molecule has 0 heterocycles. The minimum absolute atomic E-state index is 0. The minimum Gasteiger partial charge on any atom is -0.0776 e. The second-order valence-corrected chi connectivity index (χ2v) is 19.4. The number of unbranched alkanes of at least 4 members (excludes halogenated alkanes) is 10. The Balaban J connectivity index is -0.0000000247. The van der Waals surface area contributed by atoms with Crippen molar-refractivity contribution in [2.45, 2.75) is 438 Å². The first-order chi connectivity index (χ1) is 26.4. The lowest BCUT2D eigenvalue weighted by molar-refractivity contribution is 0.243. The van der Waals surface area contributed by atoms with Crippen molar-refractivity contribution in [2.75, 3.05) is 0 Å². The van der Waals surface area contributed by atoms with Gasteiger partial charge in [-0.1, -0.05) is 412 Å². The summed E-state index contributed by atoms with van der Waals surface area (Å²) in [5.74, 6) is 8.76. The van der Waals surface area contributed by atoms with Gasteiger partial charge in [0.15, 0.2) is 0 Å². The summed E-state index contributed by atoms with van der Waals surface area (Å²) in [6.45, 7) is 38.7. The smallest absolute Gasteiger partial charge is 0.0383 e. The molecule has 0 N–H and O–H groups in total. The monoisotopic (exact) mass is 1070 g/mol. The highest BCUT2D eigenvalue weighted by molar-refractivity contribution is 4.84. The molecule has 0 heteroatoms. The van der Waals surface area contributed by atoms with Gasteiger partial charge in [0.25, 0.3) is 0 Å². The quantitative estimate of drug-likeness (QED) is 0.0629. The van der Waals surface area contributed by atoms with Crippen LogP contribution in [0.1, 0.15) is 438 Å². The highest BCUT2D eigenvalue weighted by Crippen LogP contribution is 2.45. The summed E-state index contributed by atoms with van der Waals surface area (Å²) in [6.07, 6.45) is 42.0. The van der Waals surface area contributed by atoms with E-state index in [2.05, 4.69) is 104 Å². The number of rotatable bonds is 30. The van der Waals surface area contributed by atoms with E-state index in [9.17, 15) is 0 Å². The number of hydrogen-bond donors (Lipinski definition) is 0. The molecule has 0 aromatic rings. The van der Waals surface area contributed by atoms with Gasteiger partial charge < -0.3 is 0 Å². The van der Waals surface area contributed by atoms with Crippen LogP contribution in [-0.4, -0.2) is 0 Å². The molecule has 0 aromatic carbocycles. The van der Waals surface area contributed by atoms with E-state index < -0.39 is 0 Å². The topological polar surface area (TPSA) is 0 Å². The van der Waals surface area contributed by atoms with Crippen LogP contribution in [0.5, 0.6) is 0 Å². The lowest BCUT2D eigenvalue weighted by atomic mass is 9.79. The van der Waals surface area contributed by atoms with Crippen LogP contribution < -0.4 is 0 Å². The lowest BCUT2D eigenvalue weighted by Gasteiger charge is -2.27. The molecule has 1 aliphatic carbocycles. The van der Waals surface area contributed by atoms with Crippen molar-refractivity contribution in [3.63, 3.8) is 0 Å². The van der Waals surface area contributed by atoms with E-state index >= 15 is 0 Å². The van der Waals surface area contributed by atoms with Crippen molar-refractivity contribution in [2.24, 2.45) is 53.3 Å². The molecule has 73 heavy (non-hydrogen) atoms. The summed E-state index contributed by atoms with van der Waals surface area (Å²) in [5, 5.41) is 0. The molecular formula is C73H190. The zero-order valence-corrected chi connectivity index (χ0v) is 42.7. The van der Waals surface area contributed by atoms with E-state index in [0.29, 0.717) is 0 Å². The van der Waals surface area contributed by atoms with Crippen molar-refractivity contribution in [1.29, 1.82) is 0 Å². The third-order valence-corrected chi connectivity index (χ3v) is 13.2. The molecule has 7 atom stereocenters. The third-order valence-electron chi connectivity index (χ3n) is 13.2. The maximum absolute atomic E-state index is 2.41. The average Bonchev–Trinajstić information content (AvgIpc) is 3.67. The Hall–Kier alpha value is 0. The Morgan fingerprint density at radius 2 is 0.603 bits per heavy atom. The first-order valence-electron chi connectivity index (χ1n) is 26.4. The van der Waals surface area contributed by atoms with E-state index in [-0.39, 0.29) is 134 Å². The predicted molar refractivity (Wildman–Crippen MR) is 383 cm³/mol. The molecule has 482 valence electrons.